The monoisotopic (exact) mass is 507 g/mol. The molecular formula is C27H27F6N3. The van der Waals surface area contributed by atoms with Gasteiger partial charge >= 0.3 is 12.4 Å². The molecule has 1 N–H and O–H groups in total. The van der Waals surface area contributed by atoms with Crippen molar-refractivity contribution in [3.63, 3.8) is 0 Å². The zero-order chi connectivity index (χ0) is 25.7. The number of hydrogen-bond acceptors (Lipinski definition) is 3. The van der Waals surface area contributed by atoms with Gasteiger partial charge in [0.2, 0.25) is 0 Å². The molecule has 1 aromatic heterocycles. The van der Waals surface area contributed by atoms with Crippen molar-refractivity contribution in [3.8, 4) is 0 Å². The standard InChI is InChI=1S/C27H27F6N3/c1-16-3-2-4-18-11-19(24(35-25(16)18)15-36(22-5-6-22)23-7-8-23)14-34-13-17-9-20(26(28,29)30)12-21(10-17)27(31,32)33/h2-4,9-12,22-23,34H,5-8,13-15H2,1H3. The summed E-state index contributed by atoms with van der Waals surface area (Å²) in [6.07, 6.45) is -5.03. The summed E-state index contributed by atoms with van der Waals surface area (Å²) in [5.74, 6) is 0. The summed E-state index contributed by atoms with van der Waals surface area (Å²) < 4.78 is 79.3. The average molecular weight is 508 g/mol. The minimum absolute atomic E-state index is 0.0686. The van der Waals surface area contributed by atoms with Crippen molar-refractivity contribution in [2.24, 2.45) is 0 Å². The summed E-state index contributed by atoms with van der Waals surface area (Å²) in [6.45, 7) is 2.85. The lowest BCUT2D eigenvalue weighted by molar-refractivity contribution is -0.143. The van der Waals surface area contributed by atoms with Crippen LogP contribution in [0.4, 0.5) is 26.3 Å². The van der Waals surface area contributed by atoms with E-state index in [2.05, 4.69) is 10.2 Å². The zero-order valence-electron chi connectivity index (χ0n) is 19.8. The van der Waals surface area contributed by atoms with E-state index in [0.717, 1.165) is 39.9 Å². The number of halogens is 6. The van der Waals surface area contributed by atoms with E-state index >= 15 is 0 Å². The first-order chi connectivity index (χ1) is 17.0. The highest BCUT2D eigenvalue weighted by atomic mass is 19.4. The summed E-state index contributed by atoms with van der Waals surface area (Å²) in [7, 11) is 0. The van der Waals surface area contributed by atoms with Crippen molar-refractivity contribution in [2.75, 3.05) is 0 Å². The van der Waals surface area contributed by atoms with E-state index in [1.54, 1.807) is 0 Å². The molecule has 5 rings (SSSR count). The van der Waals surface area contributed by atoms with Crippen LogP contribution >= 0.6 is 0 Å². The smallest absolute Gasteiger partial charge is 0.309 e. The van der Waals surface area contributed by atoms with Crippen LogP contribution < -0.4 is 5.32 Å². The van der Waals surface area contributed by atoms with Gasteiger partial charge in [-0.25, -0.2) is 0 Å². The van der Waals surface area contributed by atoms with Crippen LogP contribution in [0.15, 0.2) is 42.5 Å². The molecule has 0 spiro atoms. The first-order valence-corrected chi connectivity index (χ1v) is 12.1. The molecular weight excluding hydrogens is 480 g/mol. The molecule has 2 aliphatic carbocycles. The molecule has 0 saturated heterocycles. The Balaban J connectivity index is 1.40. The number of alkyl halides is 6. The Labute approximate surface area is 205 Å². The third kappa shape index (κ3) is 5.67. The minimum Gasteiger partial charge on any atom is -0.309 e. The largest absolute Gasteiger partial charge is 0.416 e. The van der Waals surface area contributed by atoms with Gasteiger partial charge in [-0.3, -0.25) is 9.88 Å². The Kier molecular flexibility index (Phi) is 6.49. The van der Waals surface area contributed by atoms with Crippen LogP contribution in [0.2, 0.25) is 0 Å². The highest BCUT2D eigenvalue weighted by Gasteiger charge is 2.39. The van der Waals surface area contributed by atoms with Gasteiger partial charge in [0.25, 0.3) is 0 Å². The third-order valence-corrected chi connectivity index (χ3v) is 6.87. The van der Waals surface area contributed by atoms with E-state index in [9.17, 15) is 26.3 Å². The molecule has 0 atom stereocenters. The van der Waals surface area contributed by atoms with Crippen molar-refractivity contribution in [3.05, 3.63) is 76.0 Å². The fourth-order valence-corrected chi connectivity index (χ4v) is 4.72. The lowest BCUT2D eigenvalue weighted by Crippen LogP contribution is -2.29. The molecule has 2 aliphatic rings. The molecule has 9 heteroatoms. The lowest BCUT2D eigenvalue weighted by atomic mass is 10.0. The Morgan fingerprint density at radius 2 is 1.47 bits per heavy atom. The number of aromatic nitrogens is 1. The second kappa shape index (κ2) is 9.34. The SMILES string of the molecule is Cc1cccc2cc(CNCc3cc(C(F)(F)F)cc(C(F)(F)F)c3)c(CN(C3CC3)C3CC3)nc12. The normalized spacial score (nSPS) is 16.8. The Morgan fingerprint density at radius 3 is 2.03 bits per heavy atom. The van der Waals surface area contributed by atoms with E-state index in [-0.39, 0.29) is 24.7 Å². The van der Waals surface area contributed by atoms with Crippen LogP contribution in [-0.2, 0) is 32.0 Å². The first kappa shape index (κ1) is 25.0. The highest BCUT2D eigenvalue weighted by Crippen LogP contribution is 2.39. The molecule has 1 heterocycles. The summed E-state index contributed by atoms with van der Waals surface area (Å²) in [6, 6.07) is 10.8. The number of pyridine rings is 1. The van der Waals surface area contributed by atoms with Crippen LogP contribution in [0.25, 0.3) is 10.9 Å². The quantitative estimate of drug-likeness (QED) is 0.333. The molecule has 36 heavy (non-hydrogen) atoms. The first-order valence-electron chi connectivity index (χ1n) is 12.1. The van der Waals surface area contributed by atoms with Gasteiger partial charge in [0.1, 0.15) is 0 Å². The van der Waals surface area contributed by atoms with Crippen molar-refractivity contribution >= 4 is 10.9 Å². The van der Waals surface area contributed by atoms with Crippen LogP contribution in [0.5, 0.6) is 0 Å². The molecule has 2 aromatic carbocycles. The van der Waals surface area contributed by atoms with Gasteiger partial charge in [-0.15, -0.1) is 0 Å². The Morgan fingerprint density at radius 1 is 0.861 bits per heavy atom. The maximum Gasteiger partial charge on any atom is 0.416 e. The van der Waals surface area contributed by atoms with Crippen LogP contribution in [-0.4, -0.2) is 22.0 Å². The predicted molar refractivity (Wildman–Crippen MR) is 125 cm³/mol. The Bertz CT molecular complexity index is 1210. The van der Waals surface area contributed by atoms with Gasteiger partial charge in [0.05, 0.1) is 22.3 Å². The molecule has 3 aromatic rings. The number of nitrogens with zero attached hydrogens (tertiary/aromatic N) is 2. The van der Waals surface area contributed by atoms with E-state index < -0.39 is 23.5 Å². The van der Waals surface area contributed by atoms with E-state index in [4.69, 9.17) is 4.98 Å². The molecule has 2 saturated carbocycles. The van der Waals surface area contributed by atoms with E-state index in [1.165, 1.54) is 25.7 Å². The van der Waals surface area contributed by atoms with Crippen molar-refractivity contribution < 1.29 is 26.3 Å². The number of hydrogen-bond donors (Lipinski definition) is 1. The van der Waals surface area contributed by atoms with E-state index in [1.807, 2.05) is 31.2 Å². The molecule has 192 valence electrons. The third-order valence-electron chi connectivity index (χ3n) is 6.87. The summed E-state index contributed by atoms with van der Waals surface area (Å²) in [5.41, 5.74) is 1.10. The summed E-state index contributed by atoms with van der Waals surface area (Å²) in [5, 5.41) is 4.02. The number of rotatable bonds is 8. The van der Waals surface area contributed by atoms with Gasteiger partial charge in [-0.05, 0) is 73.6 Å². The number of fused-ring (bicyclic) bond motifs is 1. The summed E-state index contributed by atoms with van der Waals surface area (Å²) >= 11 is 0. The molecule has 0 bridgehead atoms. The van der Waals surface area contributed by atoms with Crippen molar-refractivity contribution in [1.29, 1.82) is 0 Å². The van der Waals surface area contributed by atoms with Gasteiger partial charge in [-0.2, -0.15) is 26.3 Å². The van der Waals surface area contributed by atoms with Crippen LogP contribution in [0.1, 0.15) is 59.2 Å². The number of aryl methyl sites for hydroxylation is 1. The van der Waals surface area contributed by atoms with Crippen LogP contribution in [0, 0.1) is 6.92 Å². The number of para-hydroxylation sites is 1. The Hall–Kier alpha value is -2.65. The molecule has 2 fully saturated rings. The fraction of sp³-hybridized carbons (Fsp3) is 0.444. The maximum absolute atomic E-state index is 13.2. The maximum atomic E-state index is 13.2. The fourth-order valence-electron chi connectivity index (χ4n) is 4.72. The molecule has 0 radical (unpaired) electrons. The van der Waals surface area contributed by atoms with Gasteiger partial charge in [0.15, 0.2) is 0 Å². The zero-order valence-corrected chi connectivity index (χ0v) is 19.8. The lowest BCUT2D eigenvalue weighted by Gasteiger charge is -2.23. The van der Waals surface area contributed by atoms with Gasteiger partial charge < -0.3 is 5.32 Å². The highest BCUT2D eigenvalue weighted by molar-refractivity contribution is 5.82. The van der Waals surface area contributed by atoms with Gasteiger partial charge in [-0.1, -0.05) is 18.2 Å². The second-order valence-corrected chi connectivity index (χ2v) is 9.89. The topological polar surface area (TPSA) is 28.2 Å². The van der Waals surface area contributed by atoms with Crippen molar-refractivity contribution in [1.82, 2.24) is 15.2 Å². The predicted octanol–water partition coefficient (Wildman–Crippen LogP) is 7.00. The summed E-state index contributed by atoms with van der Waals surface area (Å²) in [4.78, 5) is 7.47. The molecule has 3 nitrogen and oxygen atoms in total. The van der Waals surface area contributed by atoms with Crippen molar-refractivity contribution in [2.45, 2.75) is 76.7 Å². The number of benzene rings is 2. The van der Waals surface area contributed by atoms with Gasteiger partial charge in [0, 0.05) is 37.1 Å². The second-order valence-electron chi connectivity index (χ2n) is 9.89. The molecule has 0 unspecified atom stereocenters. The number of nitrogens with one attached hydrogen (secondary N) is 1. The molecule has 0 amide bonds. The average Bonchev–Trinajstić information content (AvgIpc) is 3.71. The van der Waals surface area contributed by atoms with Crippen LogP contribution in [0.3, 0.4) is 0 Å². The minimum atomic E-state index is -4.86. The van der Waals surface area contributed by atoms with E-state index in [0.29, 0.717) is 18.6 Å². The molecule has 0 aliphatic heterocycles.